The van der Waals surface area contributed by atoms with Crippen LogP contribution in [-0.4, -0.2) is 23.8 Å². The molecule has 2 nitrogen and oxygen atoms in total. The molecule has 8 heavy (non-hydrogen) atoms. The van der Waals surface area contributed by atoms with E-state index in [1.54, 1.807) is 12.3 Å². The Morgan fingerprint density at radius 2 is 2.12 bits per heavy atom. The number of nitrogens with zero attached hydrogens (tertiary/aromatic N) is 1. The molecule has 0 bridgehead atoms. The zero-order valence-electron chi connectivity index (χ0n) is 4.83. The first-order valence-corrected chi connectivity index (χ1v) is 2.06. The number of aromatic nitrogens is 1. The maximum atomic E-state index is 5.25. The van der Waals surface area contributed by atoms with Crippen molar-refractivity contribution < 1.29 is 0 Å². The van der Waals surface area contributed by atoms with E-state index in [4.69, 9.17) is 5.73 Å². The molecular formula is C5H6LiN2. The molecule has 3 heteroatoms. The summed E-state index contributed by atoms with van der Waals surface area (Å²) in [4.78, 5) is 3.76. The summed E-state index contributed by atoms with van der Waals surface area (Å²) < 4.78 is 0. The second-order valence-corrected chi connectivity index (χ2v) is 1.25. The van der Waals surface area contributed by atoms with Crippen molar-refractivity contribution in [1.29, 1.82) is 0 Å². The summed E-state index contributed by atoms with van der Waals surface area (Å²) in [6.07, 6.45) is 1.66. The molecule has 0 amide bonds. The van der Waals surface area contributed by atoms with E-state index in [9.17, 15) is 0 Å². The molecule has 1 aromatic heterocycles. The normalized spacial score (nSPS) is 7.50. The Kier molecular flexibility index (Phi) is 3.34. The monoisotopic (exact) mass is 101 g/mol. The van der Waals surface area contributed by atoms with Gasteiger partial charge >= 0.3 is 0 Å². The number of nitrogens with two attached hydrogens (primary N) is 1. The van der Waals surface area contributed by atoms with Gasteiger partial charge in [-0.1, -0.05) is 6.07 Å². The predicted octanol–water partition coefficient (Wildman–Crippen LogP) is 0.283. The maximum Gasteiger partial charge on any atom is 0.123 e. The molecular weight excluding hydrogens is 95.0 g/mol. The molecule has 0 saturated heterocycles. The molecule has 1 radical (unpaired) electrons. The predicted molar refractivity (Wildman–Crippen MR) is 34.4 cm³/mol. The second-order valence-electron chi connectivity index (χ2n) is 1.25. The van der Waals surface area contributed by atoms with Gasteiger partial charge in [0.25, 0.3) is 0 Å². The number of hydrogen-bond acceptors (Lipinski definition) is 2. The van der Waals surface area contributed by atoms with Crippen LogP contribution in [0.1, 0.15) is 0 Å². The van der Waals surface area contributed by atoms with Crippen LogP contribution in [0.2, 0.25) is 0 Å². The van der Waals surface area contributed by atoms with Gasteiger partial charge in [0.1, 0.15) is 5.82 Å². The number of hydrogen-bond donors (Lipinski definition) is 1. The zero-order valence-corrected chi connectivity index (χ0v) is 4.83. The number of rotatable bonds is 0. The van der Waals surface area contributed by atoms with Gasteiger partial charge in [-0.25, -0.2) is 4.98 Å². The van der Waals surface area contributed by atoms with Gasteiger partial charge in [-0.2, -0.15) is 0 Å². The van der Waals surface area contributed by atoms with Gasteiger partial charge in [0.2, 0.25) is 0 Å². The van der Waals surface area contributed by atoms with Crippen molar-refractivity contribution in [3.8, 4) is 0 Å². The van der Waals surface area contributed by atoms with Crippen LogP contribution < -0.4 is 5.73 Å². The van der Waals surface area contributed by atoms with E-state index >= 15 is 0 Å². The Bertz CT molecular complexity index is 140. The summed E-state index contributed by atoms with van der Waals surface area (Å²) in [5, 5.41) is 0. The Morgan fingerprint density at radius 3 is 2.38 bits per heavy atom. The first-order valence-electron chi connectivity index (χ1n) is 2.06. The minimum Gasteiger partial charge on any atom is -0.384 e. The summed E-state index contributed by atoms with van der Waals surface area (Å²) in [6.45, 7) is 0. The molecule has 37 valence electrons. The molecule has 0 aliphatic rings. The first-order chi connectivity index (χ1) is 3.39. The first kappa shape index (κ1) is 7.55. The van der Waals surface area contributed by atoms with Crippen LogP contribution in [0.4, 0.5) is 5.82 Å². The number of nitrogen functional groups attached to an aromatic ring is 1. The van der Waals surface area contributed by atoms with Crippen molar-refractivity contribution in [1.82, 2.24) is 4.98 Å². The van der Waals surface area contributed by atoms with Crippen LogP contribution in [0.25, 0.3) is 0 Å². The third-order valence-electron chi connectivity index (χ3n) is 0.688. The Morgan fingerprint density at radius 1 is 1.38 bits per heavy atom. The van der Waals surface area contributed by atoms with E-state index in [1.165, 1.54) is 0 Å². The van der Waals surface area contributed by atoms with Crippen molar-refractivity contribution in [2.75, 3.05) is 5.73 Å². The minimum atomic E-state index is 0. The van der Waals surface area contributed by atoms with Crippen molar-refractivity contribution in [2.45, 2.75) is 0 Å². The van der Waals surface area contributed by atoms with Crippen LogP contribution in [0.15, 0.2) is 24.4 Å². The zero-order chi connectivity index (χ0) is 5.11. The van der Waals surface area contributed by atoms with E-state index in [0.29, 0.717) is 5.82 Å². The van der Waals surface area contributed by atoms with Crippen LogP contribution in [0.3, 0.4) is 0 Å². The molecule has 0 unspecified atom stereocenters. The van der Waals surface area contributed by atoms with Gasteiger partial charge in [0.05, 0.1) is 0 Å². The molecule has 1 heterocycles. The smallest absolute Gasteiger partial charge is 0.123 e. The van der Waals surface area contributed by atoms with E-state index < -0.39 is 0 Å². The minimum absolute atomic E-state index is 0. The molecule has 2 N–H and O–H groups in total. The van der Waals surface area contributed by atoms with Gasteiger partial charge < -0.3 is 5.73 Å². The summed E-state index contributed by atoms with van der Waals surface area (Å²) >= 11 is 0. The van der Waals surface area contributed by atoms with Gasteiger partial charge in [0.15, 0.2) is 0 Å². The van der Waals surface area contributed by atoms with E-state index in [0.717, 1.165) is 0 Å². The molecule has 1 rings (SSSR count). The van der Waals surface area contributed by atoms with E-state index in [1.807, 2.05) is 12.1 Å². The molecule has 0 spiro atoms. The third kappa shape index (κ3) is 2.01. The Balaban J connectivity index is 0.000000490. The second kappa shape index (κ2) is 3.54. The average Bonchev–Trinajstić information content (AvgIpc) is 1.69. The largest absolute Gasteiger partial charge is 0.384 e. The fourth-order valence-corrected chi connectivity index (χ4v) is 0.376. The summed E-state index contributed by atoms with van der Waals surface area (Å²) in [6, 6.07) is 5.43. The molecule has 0 aliphatic carbocycles. The fourth-order valence-electron chi connectivity index (χ4n) is 0.376. The molecule has 0 aliphatic heterocycles. The van der Waals surface area contributed by atoms with E-state index in [2.05, 4.69) is 4.98 Å². The topological polar surface area (TPSA) is 38.9 Å². The number of pyridine rings is 1. The molecule has 1 aromatic rings. The number of anilines is 1. The third-order valence-corrected chi connectivity index (χ3v) is 0.688. The van der Waals surface area contributed by atoms with Gasteiger partial charge in [-0.3, -0.25) is 0 Å². The Labute approximate surface area is 60.3 Å². The van der Waals surface area contributed by atoms with Gasteiger partial charge in [-0.15, -0.1) is 0 Å². The van der Waals surface area contributed by atoms with Crippen molar-refractivity contribution in [2.24, 2.45) is 0 Å². The standard InChI is InChI=1S/C5H6N2.Li/c6-5-3-1-2-4-7-5;/h1-4H,(H2,6,7);. The van der Waals surface area contributed by atoms with Crippen LogP contribution in [-0.2, 0) is 0 Å². The van der Waals surface area contributed by atoms with Crippen LogP contribution in [0.5, 0.6) is 0 Å². The van der Waals surface area contributed by atoms with Crippen molar-refractivity contribution in [3.05, 3.63) is 24.4 Å². The average molecular weight is 101 g/mol. The summed E-state index contributed by atoms with van der Waals surface area (Å²) in [7, 11) is 0. The molecule has 0 aromatic carbocycles. The van der Waals surface area contributed by atoms with Crippen molar-refractivity contribution >= 4 is 24.7 Å². The van der Waals surface area contributed by atoms with Gasteiger partial charge in [0, 0.05) is 25.1 Å². The molecule has 0 saturated carbocycles. The maximum absolute atomic E-state index is 5.25. The van der Waals surface area contributed by atoms with Crippen LogP contribution >= 0.6 is 0 Å². The SMILES string of the molecule is Nc1ccccn1.[Li]. The summed E-state index contributed by atoms with van der Waals surface area (Å²) in [5.41, 5.74) is 5.25. The Hall–Kier alpha value is -0.453. The van der Waals surface area contributed by atoms with Crippen LogP contribution in [0, 0.1) is 0 Å². The van der Waals surface area contributed by atoms with E-state index in [-0.39, 0.29) is 18.9 Å². The fraction of sp³-hybridized carbons (Fsp3) is 0. The summed E-state index contributed by atoms with van der Waals surface area (Å²) in [5.74, 6) is 0.572. The van der Waals surface area contributed by atoms with Crippen molar-refractivity contribution in [3.63, 3.8) is 0 Å². The molecule has 0 fully saturated rings. The molecule has 0 atom stereocenters. The quantitative estimate of drug-likeness (QED) is 0.477. The van der Waals surface area contributed by atoms with Gasteiger partial charge in [-0.05, 0) is 12.1 Å².